The van der Waals surface area contributed by atoms with Crippen molar-refractivity contribution in [2.24, 2.45) is 22.6 Å². The molecule has 5 rings (SSSR count). The summed E-state index contributed by atoms with van der Waals surface area (Å²) in [6.07, 6.45) is 10.6. The Morgan fingerprint density at radius 3 is 2.43 bits per heavy atom. The van der Waals surface area contributed by atoms with Gasteiger partial charge in [0.1, 0.15) is 0 Å². The van der Waals surface area contributed by atoms with Crippen molar-refractivity contribution in [3.8, 4) is 0 Å². The van der Waals surface area contributed by atoms with Crippen molar-refractivity contribution in [1.29, 1.82) is 0 Å². The summed E-state index contributed by atoms with van der Waals surface area (Å²) in [7, 11) is 0. The van der Waals surface area contributed by atoms with Gasteiger partial charge in [-0.1, -0.05) is 45.2 Å². The zero-order valence-electron chi connectivity index (χ0n) is 20.9. The van der Waals surface area contributed by atoms with Crippen LogP contribution in [0.2, 0.25) is 5.02 Å². The van der Waals surface area contributed by atoms with Crippen molar-refractivity contribution in [2.45, 2.75) is 57.3 Å². The van der Waals surface area contributed by atoms with E-state index in [2.05, 4.69) is 28.1 Å². The van der Waals surface area contributed by atoms with Gasteiger partial charge in [0.15, 0.2) is 0 Å². The summed E-state index contributed by atoms with van der Waals surface area (Å²) in [5.74, 6) is 1.06. The van der Waals surface area contributed by atoms with Crippen LogP contribution in [0.4, 0.5) is 4.79 Å². The lowest BCUT2D eigenvalue weighted by atomic mass is 9.76. The predicted molar refractivity (Wildman–Crippen MR) is 152 cm³/mol. The third-order valence-electron chi connectivity index (χ3n) is 8.47. The summed E-state index contributed by atoms with van der Waals surface area (Å²) in [6.45, 7) is 2.80. The number of aliphatic imine (C=N–C) groups is 1. The van der Waals surface area contributed by atoms with E-state index in [1.54, 1.807) is 11.1 Å². The molecule has 1 aromatic carbocycles. The number of urea groups is 1. The molecule has 0 saturated carbocycles. The highest BCUT2D eigenvalue weighted by Crippen LogP contribution is 2.48. The smallest absolute Gasteiger partial charge is 0.314 e. The van der Waals surface area contributed by atoms with E-state index in [-0.39, 0.29) is 17.9 Å². The first kappa shape index (κ1) is 26.8. The lowest BCUT2D eigenvalue weighted by molar-refractivity contribution is -0.134. The minimum atomic E-state index is -0.366. The Labute approximate surface area is 237 Å². The SMILES string of the molecule is NC(=O)N1CCC(CC(=O)N2CCC(C3C4=C(CC=C(Cl)C=N4)CCc4cc(Cl)cc(Br)c43)CC2)CC1. The van der Waals surface area contributed by atoms with Gasteiger partial charge in [-0.15, -0.1) is 0 Å². The highest BCUT2D eigenvalue weighted by Gasteiger charge is 2.37. The highest BCUT2D eigenvalue weighted by atomic mass is 79.9. The summed E-state index contributed by atoms with van der Waals surface area (Å²) in [4.78, 5) is 33.2. The van der Waals surface area contributed by atoms with Crippen LogP contribution in [0, 0.1) is 11.8 Å². The number of likely N-dealkylation sites (tertiary alicyclic amines) is 2. The van der Waals surface area contributed by atoms with Crippen LogP contribution in [0.5, 0.6) is 0 Å². The topological polar surface area (TPSA) is 79.0 Å². The molecule has 198 valence electrons. The number of hydrogen-bond acceptors (Lipinski definition) is 3. The average Bonchev–Trinajstić information content (AvgIpc) is 3.15. The predicted octanol–water partition coefficient (Wildman–Crippen LogP) is 6.40. The second-order valence-electron chi connectivity index (χ2n) is 10.7. The van der Waals surface area contributed by atoms with Crippen LogP contribution in [-0.2, 0) is 11.2 Å². The molecule has 2 saturated heterocycles. The number of nitrogens with zero attached hydrogens (tertiary/aromatic N) is 3. The number of piperidine rings is 2. The van der Waals surface area contributed by atoms with Gasteiger partial charge < -0.3 is 15.5 Å². The van der Waals surface area contributed by atoms with Crippen LogP contribution in [0.25, 0.3) is 0 Å². The summed E-state index contributed by atoms with van der Waals surface area (Å²) in [5, 5.41) is 1.43. The first-order valence-electron chi connectivity index (χ1n) is 13.2. The Morgan fingerprint density at radius 2 is 1.73 bits per heavy atom. The van der Waals surface area contributed by atoms with Crippen molar-refractivity contribution >= 4 is 57.3 Å². The molecule has 9 heteroatoms. The molecule has 37 heavy (non-hydrogen) atoms. The fourth-order valence-electron chi connectivity index (χ4n) is 6.42. The summed E-state index contributed by atoms with van der Waals surface area (Å²) >= 11 is 16.6. The molecule has 0 spiro atoms. The minimum absolute atomic E-state index is 0.140. The Balaban J connectivity index is 1.31. The van der Waals surface area contributed by atoms with E-state index < -0.39 is 0 Å². The third-order valence-corrected chi connectivity index (χ3v) is 9.59. The first-order valence-corrected chi connectivity index (χ1v) is 14.8. The van der Waals surface area contributed by atoms with Crippen molar-refractivity contribution < 1.29 is 9.59 Å². The number of amides is 3. The molecule has 3 heterocycles. The number of halogens is 3. The number of rotatable bonds is 3. The van der Waals surface area contributed by atoms with E-state index in [9.17, 15) is 9.59 Å². The fraction of sp³-hybridized carbons (Fsp3) is 0.536. The second-order valence-corrected chi connectivity index (χ2v) is 12.4. The molecule has 6 nitrogen and oxygen atoms in total. The van der Waals surface area contributed by atoms with Gasteiger partial charge in [0.05, 0.1) is 5.03 Å². The molecule has 3 amide bonds. The maximum Gasteiger partial charge on any atom is 0.314 e. The number of aryl methyl sites for hydroxylation is 1. The molecule has 2 N–H and O–H groups in total. The van der Waals surface area contributed by atoms with Gasteiger partial charge in [0, 0.05) is 59.9 Å². The molecular formula is C28H33BrCl2N4O2. The number of benzene rings is 1. The van der Waals surface area contributed by atoms with Gasteiger partial charge in [0.25, 0.3) is 0 Å². The number of nitrogens with two attached hydrogens (primary N) is 1. The first-order chi connectivity index (χ1) is 17.8. The summed E-state index contributed by atoms with van der Waals surface area (Å²) in [5.41, 5.74) is 10.5. The molecule has 1 unspecified atom stereocenters. The molecule has 1 atom stereocenters. The van der Waals surface area contributed by atoms with E-state index in [0.29, 0.717) is 36.4 Å². The van der Waals surface area contributed by atoms with Gasteiger partial charge in [-0.2, -0.15) is 0 Å². The normalized spacial score (nSPS) is 23.2. The van der Waals surface area contributed by atoms with Crippen molar-refractivity contribution in [3.05, 3.63) is 55.1 Å². The lowest BCUT2D eigenvalue weighted by Gasteiger charge is -2.38. The Morgan fingerprint density at radius 1 is 1.03 bits per heavy atom. The molecule has 1 aromatic rings. The number of primary amides is 1. The number of carbonyl (C=O) groups excluding carboxylic acids is 2. The van der Waals surface area contributed by atoms with Gasteiger partial charge >= 0.3 is 6.03 Å². The van der Waals surface area contributed by atoms with Crippen LogP contribution in [0.3, 0.4) is 0 Å². The monoisotopic (exact) mass is 606 g/mol. The van der Waals surface area contributed by atoms with E-state index in [4.69, 9.17) is 33.9 Å². The number of fused-ring (bicyclic) bond motifs is 1. The Kier molecular flexibility index (Phi) is 8.32. The van der Waals surface area contributed by atoms with E-state index >= 15 is 0 Å². The third kappa shape index (κ3) is 5.94. The Hall–Kier alpha value is -1.83. The highest BCUT2D eigenvalue weighted by molar-refractivity contribution is 9.10. The summed E-state index contributed by atoms with van der Waals surface area (Å²) in [6, 6.07) is 3.73. The van der Waals surface area contributed by atoms with Crippen molar-refractivity contribution in [3.63, 3.8) is 0 Å². The zero-order chi connectivity index (χ0) is 26.1. The second kappa shape index (κ2) is 11.5. The molecule has 2 fully saturated rings. The molecule has 3 aliphatic heterocycles. The summed E-state index contributed by atoms with van der Waals surface area (Å²) < 4.78 is 1.04. The van der Waals surface area contributed by atoms with Crippen LogP contribution in [0.1, 0.15) is 62.0 Å². The van der Waals surface area contributed by atoms with Gasteiger partial charge in [-0.05, 0) is 85.6 Å². The van der Waals surface area contributed by atoms with Crippen LogP contribution in [0.15, 0.2) is 44.0 Å². The molecule has 0 radical (unpaired) electrons. The average molecular weight is 608 g/mol. The lowest BCUT2D eigenvalue weighted by Crippen LogP contribution is -2.44. The van der Waals surface area contributed by atoms with Crippen molar-refractivity contribution in [1.82, 2.24) is 9.80 Å². The van der Waals surface area contributed by atoms with E-state index in [1.165, 1.54) is 16.7 Å². The zero-order valence-corrected chi connectivity index (χ0v) is 24.0. The van der Waals surface area contributed by atoms with Crippen molar-refractivity contribution in [2.75, 3.05) is 26.2 Å². The molecule has 0 bridgehead atoms. The molecule has 0 aromatic heterocycles. The van der Waals surface area contributed by atoms with Crippen LogP contribution < -0.4 is 5.73 Å². The van der Waals surface area contributed by atoms with Gasteiger partial charge in [-0.25, -0.2) is 4.79 Å². The maximum absolute atomic E-state index is 13.2. The van der Waals surface area contributed by atoms with E-state index in [1.807, 2.05) is 11.0 Å². The number of allylic oxidation sites excluding steroid dienone is 4. The quantitative estimate of drug-likeness (QED) is 0.431. The molecule has 4 aliphatic rings. The van der Waals surface area contributed by atoms with Gasteiger partial charge in [0.2, 0.25) is 5.91 Å². The van der Waals surface area contributed by atoms with Crippen LogP contribution in [-0.4, -0.2) is 54.1 Å². The van der Waals surface area contributed by atoms with Crippen LogP contribution >= 0.6 is 39.1 Å². The van der Waals surface area contributed by atoms with Gasteiger partial charge in [-0.3, -0.25) is 9.79 Å². The number of carbonyl (C=O) groups is 2. The van der Waals surface area contributed by atoms with E-state index in [0.717, 1.165) is 73.2 Å². The molecular weight excluding hydrogens is 575 g/mol. The Bertz CT molecular complexity index is 1160. The minimum Gasteiger partial charge on any atom is -0.351 e. The fourth-order valence-corrected chi connectivity index (χ4v) is 7.67. The largest absolute Gasteiger partial charge is 0.351 e. The standard InChI is InChI=1S/C28H33BrCl2N4O2/c29-23-15-22(31)14-20-2-1-19-3-4-21(30)16-33-27(19)26(25(20)23)18-7-11-34(12-8-18)24(36)13-17-5-9-35(10-6-17)28(32)37/h4,14-18,26H,1-3,5-13H2,(H2,32,37). The molecule has 1 aliphatic carbocycles. The maximum atomic E-state index is 13.2. The number of hydrogen-bond donors (Lipinski definition) is 1.